The fourth-order valence-electron chi connectivity index (χ4n) is 1.56. The van der Waals surface area contributed by atoms with Gasteiger partial charge in [0.15, 0.2) is 0 Å². The minimum atomic E-state index is -0.159. The van der Waals surface area contributed by atoms with E-state index >= 15 is 0 Å². The van der Waals surface area contributed by atoms with Gasteiger partial charge in [-0.2, -0.15) is 0 Å². The summed E-state index contributed by atoms with van der Waals surface area (Å²) < 4.78 is 14.3. The number of nitrogens with zero attached hydrogens (tertiary/aromatic N) is 1. The molecule has 5 heteroatoms. The molecule has 1 heterocycles. The smallest absolute Gasteiger partial charge is 0.126 e. The number of rotatable bonds is 5. The largest absolute Gasteiger partial charge is 0.348 e. The van der Waals surface area contributed by atoms with Crippen molar-refractivity contribution in [2.75, 3.05) is 6.54 Å². The van der Waals surface area contributed by atoms with Crippen LogP contribution in [0.5, 0.6) is 0 Å². The summed E-state index contributed by atoms with van der Waals surface area (Å²) in [6.07, 6.45) is 4.15. The number of H-pyrrole nitrogens is 1. The molecule has 0 unspecified atom stereocenters. The maximum absolute atomic E-state index is 13.4. The van der Waals surface area contributed by atoms with Gasteiger partial charge in [-0.15, -0.1) is 0 Å². The van der Waals surface area contributed by atoms with Crippen LogP contribution in [0.2, 0.25) is 0 Å². The monoisotopic (exact) mass is 297 g/mol. The Balaban J connectivity index is 1.80. The standard InChI is InChI=1S/C12H13BrFN3/c13-10-1-2-11(14)9(7-10)3-4-15-8-12-16-5-6-17-12/h1-2,5-7,15H,3-4,8H2,(H,16,17). The van der Waals surface area contributed by atoms with Gasteiger partial charge in [0, 0.05) is 16.9 Å². The third kappa shape index (κ3) is 3.64. The molecule has 2 aromatic rings. The highest BCUT2D eigenvalue weighted by molar-refractivity contribution is 9.10. The molecule has 90 valence electrons. The molecule has 1 aromatic carbocycles. The lowest BCUT2D eigenvalue weighted by Gasteiger charge is -2.05. The van der Waals surface area contributed by atoms with Crippen LogP contribution in [0.3, 0.4) is 0 Å². The lowest BCUT2D eigenvalue weighted by molar-refractivity contribution is 0.595. The second kappa shape index (κ2) is 5.93. The van der Waals surface area contributed by atoms with Gasteiger partial charge in [0.25, 0.3) is 0 Å². The van der Waals surface area contributed by atoms with Crippen molar-refractivity contribution in [2.45, 2.75) is 13.0 Å². The van der Waals surface area contributed by atoms with E-state index < -0.39 is 0 Å². The highest BCUT2D eigenvalue weighted by atomic mass is 79.9. The van der Waals surface area contributed by atoms with Crippen LogP contribution < -0.4 is 5.32 Å². The Hall–Kier alpha value is -1.20. The van der Waals surface area contributed by atoms with E-state index in [1.54, 1.807) is 18.5 Å². The number of aromatic amines is 1. The molecule has 0 saturated heterocycles. The quantitative estimate of drug-likeness (QED) is 0.833. The number of benzene rings is 1. The van der Waals surface area contributed by atoms with Gasteiger partial charge < -0.3 is 10.3 Å². The van der Waals surface area contributed by atoms with Crippen molar-refractivity contribution >= 4 is 15.9 Å². The van der Waals surface area contributed by atoms with Crippen molar-refractivity contribution in [3.05, 3.63) is 52.3 Å². The van der Waals surface area contributed by atoms with Crippen molar-refractivity contribution in [3.63, 3.8) is 0 Å². The van der Waals surface area contributed by atoms with Gasteiger partial charge >= 0.3 is 0 Å². The zero-order valence-corrected chi connectivity index (χ0v) is 10.8. The average Bonchev–Trinajstić information content (AvgIpc) is 2.82. The van der Waals surface area contributed by atoms with Gasteiger partial charge in [0.2, 0.25) is 0 Å². The molecule has 17 heavy (non-hydrogen) atoms. The molecule has 1 aromatic heterocycles. The number of halogens is 2. The van der Waals surface area contributed by atoms with E-state index in [1.165, 1.54) is 6.07 Å². The van der Waals surface area contributed by atoms with Crippen LogP contribution in [0.15, 0.2) is 35.1 Å². The van der Waals surface area contributed by atoms with Gasteiger partial charge in [0.05, 0.1) is 6.54 Å². The summed E-state index contributed by atoms with van der Waals surface area (Å²) in [5, 5.41) is 3.21. The number of hydrogen-bond acceptors (Lipinski definition) is 2. The molecule has 0 fully saturated rings. The summed E-state index contributed by atoms with van der Waals surface area (Å²) >= 11 is 3.33. The SMILES string of the molecule is Fc1ccc(Br)cc1CCNCc1ncc[nH]1. The molecule has 0 bridgehead atoms. The number of hydrogen-bond donors (Lipinski definition) is 2. The van der Waals surface area contributed by atoms with E-state index in [1.807, 2.05) is 6.07 Å². The predicted molar refractivity (Wildman–Crippen MR) is 68.1 cm³/mol. The summed E-state index contributed by atoms with van der Waals surface area (Å²) in [5.74, 6) is 0.729. The van der Waals surface area contributed by atoms with Crippen LogP contribution in [0.1, 0.15) is 11.4 Å². The molecule has 2 N–H and O–H groups in total. The third-order valence-electron chi connectivity index (χ3n) is 2.43. The maximum Gasteiger partial charge on any atom is 0.126 e. The van der Waals surface area contributed by atoms with Crippen LogP contribution in [0, 0.1) is 5.82 Å². The second-order valence-electron chi connectivity index (χ2n) is 3.70. The Morgan fingerprint density at radius 3 is 3.06 bits per heavy atom. The summed E-state index contributed by atoms with van der Waals surface area (Å²) in [6.45, 7) is 1.39. The molecule has 0 aliphatic heterocycles. The summed E-state index contributed by atoms with van der Waals surface area (Å²) in [7, 11) is 0. The molecule has 3 nitrogen and oxygen atoms in total. The highest BCUT2D eigenvalue weighted by Gasteiger charge is 2.02. The Bertz CT molecular complexity index is 471. The van der Waals surface area contributed by atoms with Crippen molar-refractivity contribution in [1.82, 2.24) is 15.3 Å². The number of imidazole rings is 1. The first kappa shape index (κ1) is 12.3. The van der Waals surface area contributed by atoms with Gasteiger partial charge in [-0.3, -0.25) is 0 Å². The van der Waals surface area contributed by atoms with Crippen molar-refractivity contribution in [2.24, 2.45) is 0 Å². The molecule has 0 radical (unpaired) electrons. The molecule has 0 atom stereocenters. The maximum atomic E-state index is 13.4. The average molecular weight is 298 g/mol. The molecule has 0 aliphatic carbocycles. The van der Waals surface area contributed by atoms with E-state index in [0.29, 0.717) is 25.1 Å². The van der Waals surface area contributed by atoms with Crippen LogP contribution in [0.25, 0.3) is 0 Å². The molecule has 0 amide bonds. The van der Waals surface area contributed by atoms with Crippen LogP contribution in [0.4, 0.5) is 4.39 Å². The summed E-state index contributed by atoms with van der Waals surface area (Å²) in [5.41, 5.74) is 0.714. The normalized spacial score (nSPS) is 10.7. The van der Waals surface area contributed by atoms with Crippen LogP contribution in [-0.2, 0) is 13.0 Å². The first-order chi connectivity index (χ1) is 8.25. The van der Waals surface area contributed by atoms with Gasteiger partial charge in [-0.25, -0.2) is 9.37 Å². The summed E-state index contributed by atoms with van der Waals surface area (Å²) in [6, 6.07) is 4.99. The Labute approximate surface area is 108 Å². The van der Waals surface area contributed by atoms with Crippen LogP contribution >= 0.6 is 15.9 Å². The minimum absolute atomic E-state index is 0.159. The minimum Gasteiger partial charge on any atom is -0.348 e. The van der Waals surface area contributed by atoms with E-state index in [2.05, 4.69) is 31.2 Å². The number of nitrogens with one attached hydrogen (secondary N) is 2. The lowest BCUT2D eigenvalue weighted by atomic mass is 10.1. The van der Waals surface area contributed by atoms with E-state index in [4.69, 9.17) is 0 Å². The molecule has 0 saturated carbocycles. The molecule has 2 rings (SSSR count). The Morgan fingerprint density at radius 2 is 2.29 bits per heavy atom. The van der Waals surface area contributed by atoms with Crippen molar-refractivity contribution in [3.8, 4) is 0 Å². The molecule has 0 spiro atoms. The predicted octanol–water partition coefficient (Wildman–Crippen LogP) is 2.64. The van der Waals surface area contributed by atoms with E-state index in [9.17, 15) is 4.39 Å². The fraction of sp³-hybridized carbons (Fsp3) is 0.250. The first-order valence-electron chi connectivity index (χ1n) is 5.38. The lowest BCUT2D eigenvalue weighted by Crippen LogP contribution is -2.17. The van der Waals surface area contributed by atoms with E-state index in [0.717, 1.165) is 10.3 Å². The van der Waals surface area contributed by atoms with Crippen molar-refractivity contribution < 1.29 is 4.39 Å². The Morgan fingerprint density at radius 1 is 1.41 bits per heavy atom. The van der Waals surface area contributed by atoms with Crippen LogP contribution in [-0.4, -0.2) is 16.5 Å². The highest BCUT2D eigenvalue weighted by Crippen LogP contribution is 2.15. The fourth-order valence-corrected chi connectivity index (χ4v) is 1.97. The number of aromatic nitrogens is 2. The summed E-state index contributed by atoms with van der Waals surface area (Å²) in [4.78, 5) is 7.09. The zero-order chi connectivity index (χ0) is 12.1. The van der Waals surface area contributed by atoms with Gasteiger partial charge in [0.1, 0.15) is 11.6 Å². The van der Waals surface area contributed by atoms with Gasteiger partial charge in [-0.1, -0.05) is 15.9 Å². The zero-order valence-electron chi connectivity index (χ0n) is 9.21. The molecular formula is C12H13BrFN3. The van der Waals surface area contributed by atoms with Crippen molar-refractivity contribution in [1.29, 1.82) is 0 Å². The molecular weight excluding hydrogens is 285 g/mol. The van der Waals surface area contributed by atoms with E-state index in [-0.39, 0.29) is 5.82 Å². The first-order valence-corrected chi connectivity index (χ1v) is 6.18. The molecule has 0 aliphatic rings. The Kier molecular flexibility index (Phi) is 4.28. The van der Waals surface area contributed by atoms with Gasteiger partial charge in [-0.05, 0) is 36.7 Å². The second-order valence-corrected chi connectivity index (χ2v) is 4.61. The topological polar surface area (TPSA) is 40.7 Å². The third-order valence-corrected chi connectivity index (χ3v) is 2.92.